The Hall–Kier alpha value is -0.460. The van der Waals surface area contributed by atoms with Gasteiger partial charge in [0.25, 0.3) is 0 Å². The molecule has 6 heteroatoms. The topological polar surface area (TPSA) is 67.4 Å². The number of unbranched alkanes of at least 4 members (excludes halogenated alkanes) is 1. The van der Waals surface area contributed by atoms with Crippen molar-refractivity contribution in [1.82, 2.24) is 11.0 Å². The predicted molar refractivity (Wildman–Crippen MR) is 41.3 cm³/mol. The van der Waals surface area contributed by atoms with Crippen molar-refractivity contribution < 1.29 is 13.3 Å². The van der Waals surface area contributed by atoms with Crippen LogP contribution in [0.25, 0.3) is 0 Å². The van der Waals surface area contributed by atoms with E-state index < -0.39 is 11.1 Å². The Morgan fingerprint density at radius 1 is 1.64 bits per heavy atom. The molecular weight excluding hydrogens is 168 g/mol. The number of carbonyl (C=O) groups is 1. The lowest BCUT2D eigenvalue weighted by Crippen LogP contribution is -2.31. The maximum atomic E-state index is 10.7. The fraction of sp³-hybridized carbons (Fsp3) is 0.800. The molecule has 1 amide bonds. The number of amides is 1. The second-order valence-corrected chi connectivity index (χ2v) is 2.99. The molecule has 5 nitrogen and oxygen atoms in total. The average Bonchev–Trinajstić information content (AvgIpc) is 2.01. The number of carbonyl (C=O) groups excluding carboxylic acids is 1. The summed E-state index contributed by atoms with van der Waals surface area (Å²) < 4.78 is 15.2. The lowest BCUT2D eigenvalue weighted by atomic mass is 10.4. The number of rotatable bonds is 7. The molecule has 0 aromatic rings. The van der Waals surface area contributed by atoms with Crippen molar-refractivity contribution in [3.05, 3.63) is 0 Å². The van der Waals surface area contributed by atoms with E-state index in [-0.39, 0.29) is 0 Å². The molecule has 0 spiro atoms. The van der Waals surface area contributed by atoms with Gasteiger partial charge in [-0.05, 0) is 6.42 Å². The lowest BCUT2D eigenvalue weighted by molar-refractivity contribution is -0.112. The summed E-state index contributed by atoms with van der Waals surface area (Å²) in [5.41, 5.74) is 4.04. The van der Waals surface area contributed by atoms with Gasteiger partial charge in [0.15, 0.2) is 11.1 Å². The second kappa shape index (κ2) is 7.64. The predicted octanol–water partition coefficient (Wildman–Crippen LogP) is -0.368. The van der Waals surface area contributed by atoms with Crippen molar-refractivity contribution in [3.63, 3.8) is 0 Å². The zero-order chi connectivity index (χ0) is 8.53. The van der Waals surface area contributed by atoms with Gasteiger partial charge in [0.05, 0.1) is 5.75 Å². The van der Waals surface area contributed by atoms with Gasteiger partial charge in [0, 0.05) is 0 Å². The van der Waals surface area contributed by atoms with Crippen molar-refractivity contribution in [2.24, 2.45) is 0 Å². The third-order valence-corrected chi connectivity index (χ3v) is 1.81. The summed E-state index contributed by atoms with van der Waals surface area (Å²) in [6.45, 7) is 1.99. The molecule has 0 aliphatic carbocycles. The van der Waals surface area contributed by atoms with Crippen molar-refractivity contribution in [2.75, 3.05) is 5.75 Å². The standard InChI is InChI=1S/C5H12N2O3S/c1-2-3-4-11(9)10-7-6-5-8/h5,7H,2-4H2,1H3,(H,6,8). The Balaban J connectivity index is 3.15. The van der Waals surface area contributed by atoms with Crippen LogP contribution in [0.4, 0.5) is 0 Å². The average molecular weight is 180 g/mol. The van der Waals surface area contributed by atoms with Crippen molar-refractivity contribution >= 4 is 17.5 Å². The van der Waals surface area contributed by atoms with E-state index >= 15 is 0 Å². The molecule has 0 heterocycles. The Kier molecular flexibility index (Phi) is 7.33. The maximum Gasteiger partial charge on any atom is 0.223 e. The van der Waals surface area contributed by atoms with Gasteiger partial charge in [0.1, 0.15) is 0 Å². The molecule has 0 aromatic heterocycles. The largest absolute Gasteiger partial charge is 0.277 e. The number of hydrazine groups is 1. The minimum absolute atomic E-state index is 0.400. The van der Waals surface area contributed by atoms with E-state index in [0.717, 1.165) is 12.8 Å². The molecule has 0 rings (SSSR count). The van der Waals surface area contributed by atoms with Crippen LogP contribution in [-0.4, -0.2) is 16.4 Å². The quantitative estimate of drug-likeness (QED) is 0.319. The summed E-state index contributed by atoms with van der Waals surface area (Å²) in [7, 11) is 0. The molecule has 0 radical (unpaired) electrons. The molecule has 0 aromatic carbocycles. The summed E-state index contributed by atoms with van der Waals surface area (Å²) >= 11 is -1.35. The molecule has 0 aliphatic rings. The van der Waals surface area contributed by atoms with Crippen LogP contribution in [0.5, 0.6) is 0 Å². The molecule has 0 aliphatic heterocycles. The molecule has 11 heavy (non-hydrogen) atoms. The first-order valence-corrected chi connectivity index (χ1v) is 4.55. The first-order chi connectivity index (χ1) is 5.31. The third kappa shape index (κ3) is 7.44. The highest BCUT2D eigenvalue weighted by atomic mass is 32.2. The van der Waals surface area contributed by atoms with Gasteiger partial charge in [-0.15, -0.1) is 0 Å². The molecule has 2 N–H and O–H groups in total. The zero-order valence-corrected chi connectivity index (χ0v) is 7.15. The van der Waals surface area contributed by atoms with Crippen LogP contribution in [0.1, 0.15) is 19.8 Å². The van der Waals surface area contributed by atoms with Gasteiger partial charge in [0.2, 0.25) is 6.41 Å². The van der Waals surface area contributed by atoms with E-state index in [0.29, 0.717) is 12.2 Å². The lowest BCUT2D eigenvalue weighted by Gasteiger charge is -2.00. The van der Waals surface area contributed by atoms with Crippen molar-refractivity contribution in [1.29, 1.82) is 0 Å². The fourth-order valence-electron chi connectivity index (χ4n) is 0.398. The van der Waals surface area contributed by atoms with Gasteiger partial charge in [-0.25, -0.2) is 4.21 Å². The smallest absolute Gasteiger partial charge is 0.223 e. The summed E-state index contributed by atoms with van der Waals surface area (Å²) in [5.74, 6) is 0.476. The van der Waals surface area contributed by atoms with Crippen LogP contribution in [0.15, 0.2) is 0 Å². The zero-order valence-electron chi connectivity index (χ0n) is 6.33. The van der Waals surface area contributed by atoms with Crippen LogP contribution in [0, 0.1) is 0 Å². The normalized spacial score (nSPS) is 12.5. The molecule has 0 saturated carbocycles. The van der Waals surface area contributed by atoms with Gasteiger partial charge in [-0.3, -0.25) is 10.2 Å². The van der Waals surface area contributed by atoms with Crippen LogP contribution < -0.4 is 11.0 Å². The van der Waals surface area contributed by atoms with E-state index in [1.54, 1.807) is 0 Å². The summed E-state index contributed by atoms with van der Waals surface area (Å²) in [5, 5.41) is 0. The Bertz CT molecular complexity index is 131. The van der Waals surface area contributed by atoms with Crippen LogP contribution >= 0.6 is 0 Å². The van der Waals surface area contributed by atoms with Crippen molar-refractivity contribution in [2.45, 2.75) is 19.8 Å². The van der Waals surface area contributed by atoms with E-state index in [2.05, 4.69) is 4.28 Å². The number of hydrogen-bond acceptors (Lipinski definition) is 4. The Morgan fingerprint density at radius 2 is 2.36 bits per heavy atom. The highest BCUT2D eigenvalue weighted by Gasteiger charge is 1.96. The van der Waals surface area contributed by atoms with Crippen LogP contribution in [0.2, 0.25) is 0 Å². The Morgan fingerprint density at radius 3 is 2.91 bits per heavy atom. The van der Waals surface area contributed by atoms with E-state index in [1.807, 2.05) is 17.9 Å². The number of nitrogens with one attached hydrogen (secondary N) is 2. The highest BCUT2D eigenvalue weighted by Crippen LogP contribution is 1.90. The molecule has 1 unspecified atom stereocenters. The molecule has 0 bridgehead atoms. The molecular formula is C5H12N2O3S. The Labute approximate surface area is 68.1 Å². The minimum Gasteiger partial charge on any atom is -0.277 e. The first kappa shape index (κ1) is 10.5. The SMILES string of the molecule is CCCCS(=O)ONNC=O. The molecule has 0 saturated heterocycles. The van der Waals surface area contributed by atoms with Crippen LogP contribution in [-0.2, 0) is 20.2 Å². The summed E-state index contributed by atoms with van der Waals surface area (Å²) in [4.78, 5) is 9.65. The van der Waals surface area contributed by atoms with E-state index in [4.69, 9.17) is 0 Å². The summed E-state index contributed by atoms with van der Waals surface area (Å²) in [6, 6.07) is 0. The fourth-order valence-corrected chi connectivity index (χ4v) is 1.15. The second-order valence-electron chi connectivity index (χ2n) is 1.81. The monoisotopic (exact) mass is 180 g/mol. The van der Waals surface area contributed by atoms with E-state index in [1.165, 1.54) is 0 Å². The van der Waals surface area contributed by atoms with E-state index in [9.17, 15) is 9.00 Å². The highest BCUT2D eigenvalue weighted by molar-refractivity contribution is 7.80. The minimum atomic E-state index is -1.35. The third-order valence-electron chi connectivity index (χ3n) is 0.917. The van der Waals surface area contributed by atoms with Gasteiger partial charge in [-0.2, -0.15) is 4.28 Å². The number of hydrogen-bond donors (Lipinski definition) is 2. The molecule has 66 valence electrons. The first-order valence-electron chi connectivity index (χ1n) is 3.31. The molecule has 1 atom stereocenters. The van der Waals surface area contributed by atoms with Crippen LogP contribution in [0.3, 0.4) is 0 Å². The van der Waals surface area contributed by atoms with Gasteiger partial charge >= 0.3 is 0 Å². The molecule has 0 fully saturated rings. The van der Waals surface area contributed by atoms with Gasteiger partial charge in [-0.1, -0.05) is 18.9 Å². The van der Waals surface area contributed by atoms with Gasteiger partial charge < -0.3 is 0 Å². The maximum absolute atomic E-state index is 10.7. The van der Waals surface area contributed by atoms with Crippen molar-refractivity contribution in [3.8, 4) is 0 Å². The summed E-state index contributed by atoms with van der Waals surface area (Å²) in [6.07, 6.45) is 2.21.